The van der Waals surface area contributed by atoms with Gasteiger partial charge in [0.1, 0.15) is 5.76 Å². The summed E-state index contributed by atoms with van der Waals surface area (Å²) >= 11 is 0. The largest absolute Gasteiger partial charge is 0.469 e. The average molecular weight is 412 g/mol. The zero-order chi connectivity index (χ0) is 20.5. The highest BCUT2D eigenvalue weighted by atomic mass is 16.7. The summed E-state index contributed by atoms with van der Waals surface area (Å²) in [5.74, 6) is 2.50. The number of piperazine rings is 1. The maximum Gasteiger partial charge on any atom is 0.257 e. The first-order chi connectivity index (χ1) is 14.7. The molecule has 5 rings (SSSR count). The molecule has 7 nitrogen and oxygen atoms in total. The number of piperidine rings is 1. The van der Waals surface area contributed by atoms with Gasteiger partial charge in [-0.2, -0.15) is 0 Å². The second-order valence-corrected chi connectivity index (χ2v) is 8.44. The van der Waals surface area contributed by atoms with E-state index in [-0.39, 0.29) is 5.91 Å². The van der Waals surface area contributed by atoms with Crippen LogP contribution >= 0.6 is 0 Å². The van der Waals surface area contributed by atoms with Crippen molar-refractivity contribution in [1.82, 2.24) is 14.7 Å². The Bertz CT molecular complexity index is 904. The molecular formula is C23H29N3O4. The van der Waals surface area contributed by atoms with Gasteiger partial charge in [-0.25, -0.2) is 0 Å². The fourth-order valence-electron chi connectivity index (χ4n) is 4.80. The molecule has 2 saturated heterocycles. The van der Waals surface area contributed by atoms with Gasteiger partial charge in [0, 0.05) is 51.9 Å². The number of hydrogen-bond donors (Lipinski definition) is 0. The van der Waals surface area contributed by atoms with Crippen molar-refractivity contribution < 1.29 is 18.7 Å². The molecule has 7 heteroatoms. The second kappa shape index (κ2) is 8.32. The van der Waals surface area contributed by atoms with E-state index in [9.17, 15) is 4.79 Å². The normalized spacial score (nSPS) is 22.4. The van der Waals surface area contributed by atoms with Gasteiger partial charge in [-0.05, 0) is 43.5 Å². The van der Waals surface area contributed by atoms with Crippen LogP contribution < -0.4 is 9.47 Å². The first kappa shape index (κ1) is 19.5. The predicted molar refractivity (Wildman–Crippen MR) is 112 cm³/mol. The summed E-state index contributed by atoms with van der Waals surface area (Å²) in [5.41, 5.74) is 1.96. The summed E-state index contributed by atoms with van der Waals surface area (Å²) in [6, 6.07) is 8.46. The zero-order valence-electron chi connectivity index (χ0n) is 17.5. The molecule has 0 saturated carbocycles. The Morgan fingerprint density at radius 3 is 2.70 bits per heavy atom. The molecule has 0 unspecified atom stereocenters. The van der Waals surface area contributed by atoms with Crippen molar-refractivity contribution in [2.24, 2.45) is 0 Å². The molecule has 3 aliphatic heterocycles. The van der Waals surface area contributed by atoms with Crippen molar-refractivity contribution in [3.63, 3.8) is 0 Å². The number of hydrogen-bond acceptors (Lipinski definition) is 6. The Kier molecular flexibility index (Phi) is 5.39. The van der Waals surface area contributed by atoms with Crippen molar-refractivity contribution in [2.45, 2.75) is 32.4 Å². The smallest absolute Gasteiger partial charge is 0.257 e. The van der Waals surface area contributed by atoms with Crippen molar-refractivity contribution >= 4 is 5.91 Å². The summed E-state index contributed by atoms with van der Waals surface area (Å²) in [7, 11) is 0. The molecule has 160 valence electrons. The maximum absolute atomic E-state index is 12.9. The van der Waals surface area contributed by atoms with E-state index in [4.69, 9.17) is 13.9 Å². The molecule has 3 aliphatic rings. The quantitative estimate of drug-likeness (QED) is 0.771. The van der Waals surface area contributed by atoms with Gasteiger partial charge in [0.05, 0.1) is 11.8 Å². The highest BCUT2D eigenvalue weighted by Crippen LogP contribution is 2.33. The van der Waals surface area contributed by atoms with Crippen LogP contribution in [0, 0.1) is 6.92 Å². The van der Waals surface area contributed by atoms with E-state index in [1.165, 1.54) is 5.56 Å². The van der Waals surface area contributed by atoms with Crippen LogP contribution in [-0.2, 0) is 6.54 Å². The van der Waals surface area contributed by atoms with E-state index in [2.05, 4.69) is 21.9 Å². The number of carbonyl (C=O) groups is 1. The summed E-state index contributed by atoms with van der Waals surface area (Å²) < 4.78 is 16.2. The third kappa shape index (κ3) is 3.91. The van der Waals surface area contributed by atoms with Crippen LogP contribution in [0.5, 0.6) is 11.5 Å². The molecule has 4 heterocycles. The SMILES string of the molecule is Cc1occc1C(=O)N1CCC[C@@H](N2CCN(Cc3ccc4c(c3)OCO4)CC2)C1. The molecule has 1 aromatic carbocycles. The molecule has 0 N–H and O–H groups in total. The van der Waals surface area contributed by atoms with Crippen LogP contribution in [0.2, 0.25) is 0 Å². The number of ether oxygens (including phenoxy) is 2. The first-order valence-electron chi connectivity index (χ1n) is 10.9. The number of nitrogens with zero attached hydrogens (tertiary/aromatic N) is 3. The minimum Gasteiger partial charge on any atom is -0.469 e. The summed E-state index contributed by atoms with van der Waals surface area (Å²) in [5, 5.41) is 0. The molecule has 1 amide bonds. The minimum absolute atomic E-state index is 0.104. The van der Waals surface area contributed by atoms with Gasteiger partial charge in [-0.1, -0.05) is 6.07 Å². The number of fused-ring (bicyclic) bond motifs is 1. The molecule has 0 aliphatic carbocycles. The van der Waals surface area contributed by atoms with Crippen LogP contribution in [0.25, 0.3) is 0 Å². The van der Waals surface area contributed by atoms with E-state index < -0.39 is 0 Å². The van der Waals surface area contributed by atoms with Crippen molar-refractivity contribution in [3.8, 4) is 11.5 Å². The van der Waals surface area contributed by atoms with Gasteiger partial charge < -0.3 is 18.8 Å². The molecule has 0 radical (unpaired) electrons. The molecule has 2 aromatic rings. The van der Waals surface area contributed by atoms with Crippen LogP contribution in [0.1, 0.15) is 34.5 Å². The van der Waals surface area contributed by atoms with Crippen LogP contribution in [0.4, 0.5) is 0 Å². The highest BCUT2D eigenvalue weighted by molar-refractivity contribution is 5.95. The topological polar surface area (TPSA) is 58.4 Å². The van der Waals surface area contributed by atoms with Gasteiger partial charge in [-0.15, -0.1) is 0 Å². The highest BCUT2D eigenvalue weighted by Gasteiger charge is 2.31. The fourth-order valence-corrected chi connectivity index (χ4v) is 4.80. The Morgan fingerprint density at radius 2 is 1.90 bits per heavy atom. The number of carbonyl (C=O) groups excluding carboxylic acids is 1. The van der Waals surface area contributed by atoms with Crippen molar-refractivity contribution in [1.29, 1.82) is 0 Å². The molecule has 0 spiro atoms. The van der Waals surface area contributed by atoms with E-state index in [0.29, 0.717) is 24.2 Å². The Labute approximate surface area is 177 Å². The summed E-state index contributed by atoms with van der Waals surface area (Å²) in [6.07, 6.45) is 3.82. The van der Waals surface area contributed by atoms with E-state index in [0.717, 1.165) is 70.2 Å². The monoisotopic (exact) mass is 411 g/mol. The lowest BCUT2D eigenvalue weighted by Gasteiger charge is -2.43. The Balaban J connectivity index is 1.14. The number of benzene rings is 1. The summed E-state index contributed by atoms with van der Waals surface area (Å²) in [6.45, 7) is 8.92. The van der Waals surface area contributed by atoms with Gasteiger partial charge in [-0.3, -0.25) is 14.6 Å². The molecule has 2 fully saturated rings. The lowest BCUT2D eigenvalue weighted by molar-refractivity contribution is 0.0406. The second-order valence-electron chi connectivity index (χ2n) is 8.44. The lowest BCUT2D eigenvalue weighted by atomic mass is 10.0. The standard InChI is InChI=1S/C23H29N3O4/c1-17-20(6-12-28-17)23(27)26-7-2-3-19(15-26)25-10-8-24(9-11-25)14-18-4-5-21-22(13-18)30-16-29-21/h4-6,12-13,19H,2-3,7-11,14-16H2,1H3/t19-/m1/s1. The van der Waals surface area contributed by atoms with Gasteiger partial charge in [0.2, 0.25) is 6.79 Å². The van der Waals surface area contributed by atoms with E-state index in [1.807, 2.05) is 17.9 Å². The van der Waals surface area contributed by atoms with Crippen LogP contribution in [-0.4, -0.2) is 72.7 Å². The molecule has 30 heavy (non-hydrogen) atoms. The third-order valence-electron chi connectivity index (χ3n) is 6.54. The molecular weight excluding hydrogens is 382 g/mol. The van der Waals surface area contributed by atoms with Gasteiger partial charge in [0.15, 0.2) is 11.5 Å². The van der Waals surface area contributed by atoms with E-state index >= 15 is 0 Å². The van der Waals surface area contributed by atoms with Crippen LogP contribution in [0.15, 0.2) is 34.9 Å². The third-order valence-corrected chi connectivity index (χ3v) is 6.54. The fraction of sp³-hybridized carbons (Fsp3) is 0.522. The minimum atomic E-state index is 0.104. The number of aryl methyl sites for hydroxylation is 1. The molecule has 1 atom stereocenters. The zero-order valence-corrected chi connectivity index (χ0v) is 17.5. The van der Waals surface area contributed by atoms with Gasteiger partial charge in [0.25, 0.3) is 5.91 Å². The van der Waals surface area contributed by atoms with E-state index in [1.54, 1.807) is 12.3 Å². The lowest BCUT2D eigenvalue weighted by Crippen LogP contribution is -2.55. The predicted octanol–water partition coefficient (Wildman–Crippen LogP) is 2.74. The molecule has 0 bridgehead atoms. The number of furan rings is 1. The average Bonchev–Trinajstić information content (AvgIpc) is 3.42. The first-order valence-corrected chi connectivity index (χ1v) is 10.9. The number of amides is 1. The summed E-state index contributed by atoms with van der Waals surface area (Å²) in [4.78, 5) is 19.9. The maximum atomic E-state index is 12.9. The van der Waals surface area contributed by atoms with Crippen molar-refractivity contribution in [3.05, 3.63) is 47.4 Å². The van der Waals surface area contributed by atoms with Crippen molar-refractivity contribution in [2.75, 3.05) is 46.1 Å². The Morgan fingerprint density at radius 1 is 1.07 bits per heavy atom. The Hall–Kier alpha value is -2.51. The number of likely N-dealkylation sites (tertiary alicyclic amines) is 1. The number of rotatable bonds is 4. The van der Waals surface area contributed by atoms with Gasteiger partial charge >= 0.3 is 0 Å². The molecule has 1 aromatic heterocycles. The van der Waals surface area contributed by atoms with Crippen LogP contribution in [0.3, 0.4) is 0 Å².